The molecule has 0 aliphatic heterocycles. The molecule has 14 heavy (non-hydrogen) atoms. The summed E-state index contributed by atoms with van der Waals surface area (Å²) in [6.45, 7) is 4.63. The maximum Gasteiger partial charge on any atom is 3.00 e. The Hall–Kier alpha value is -0.441. The van der Waals surface area contributed by atoms with Crippen LogP contribution in [0, 0.1) is 6.92 Å². The quantitative estimate of drug-likeness (QED) is 0.821. The van der Waals surface area contributed by atoms with E-state index in [2.05, 4.69) is 6.92 Å². The van der Waals surface area contributed by atoms with Crippen LogP contribution in [-0.4, -0.2) is 9.67 Å². The molecular formula is C9H14ClFeNO2+3. The fourth-order valence-corrected chi connectivity index (χ4v) is 1.15. The third-order valence-corrected chi connectivity index (χ3v) is 1.88. The summed E-state index contributed by atoms with van der Waals surface area (Å²) in [5.41, 5.74) is 0.337. The zero-order chi connectivity index (χ0) is 9.14. The molecule has 0 bridgehead atoms. The molecule has 0 saturated carbocycles. The number of hydrogen-bond donors (Lipinski definition) is 1. The topological polar surface area (TPSA) is 42.2 Å². The molecule has 79 valence electrons. The number of aryl methyl sites for hydroxylation is 1. The largest absolute Gasteiger partial charge is 3.00 e. The summed E-state index contributed by atoms with van der Waals surface area (Å²) in [6, 6.07) is 1.39. The Labute approximate surface area is 100 Å². The van der Waals surface area contributed by atoms with Crippen molar-refractivity contribution in [2.24, 2.45) is 0 Å². The van der Waals surface area contributed by atoms with Gasteiger partial charge in [-0.2, -0.15) is 0 Å². The Morgan fingerprint density at radius 2 is 2.07 bits per heavy atom. The molecule has 0 fully saturated rings. The minimum atomic E-state index is -0.306. The normalized spacial score (nSPS) is 8.71. The first-order valence-electron chi connectivity index (χ1n) is 4.05. The number of aromatic nitrogens is 1. The Morgan fingerprint density at radius 1 is 1.50 bits per heavy atom. The van der Waals surface area contributed by atoms with Gasteiger partial charge in [0.15, 0.2) is 5.75 Å². The van der Waals surface area contributed by atoms with Gasteiger partial charge in [-0.05, 0) is 13.3 Å². The van der Waals surface area contributed by atoms with Crippen LogP contribution in [0.15, 0.2) is 17.1 Å². The summed E-state index contributed by atoms with van der Waals surface area (Å²) in [7, 11) is 0. The molecule has 0 aromatic carbocycles. The SMILES string of the molecule is CCCn1ccc(=O)c(O)c1C.Cl.[Fe+3]. The van der Waals surface area contributed by atoms with Gasteiger partial charge in [-0.15, -0.1) is 12.4 Å². The van der Waals surface area contributed by atoms with Gasteiger partial charge in [-0.1, -0.05) is 6.92 Å². The maximum absolute atomic E-state index is 10.9. The molecule has 0 saturated heterocycles. The molecule has 1 rings (SSSR count). The monoisotopic (exact) mass is 259 g/mol. The molecule has 1 aromatic rings. The molecule has 0 amide bonds. The van der Waals surface area contributed by atoms with E-state index in [1.165, 1.54) is 6.07 Å². The van der Waals surface area contributed by atoms with Crippen molar-refractivity contribution in [1.29, 1.82) is 0 Å². The van der Waals surface area contributed by atoms with E-state index in [0.717, 1.165) is 13.0 Å². The molecule has 1 heterocycles. The summed E-state index contributed by atoms with van der Waals surface area (Å²) in [6.07, 6.45) is 2.70. The number of pyridine rings is 1. The van der Waals surface area contributed by atoms with Crippen LogP contribution in [-0.2, 0) is 23.6 Å². The summed E-state index contributed by atoms with van der Waals surface area (Å²) >= 11 is 0. The molecule has 5 heteroatoms. The Balaban J connectivity index is 0. The first-order chi connectivity index (χ1) is 5.66. The fourth-order valence-electron chi connectivity index (χ4n) is 1.15. The second-order valence-electron chi connectivity index (χ2n) is 2.81. The summed E-state index contributed by atoms with van der Waals surface area (Å²) in [5, 5.41) is 9.28. The van der Waals surface area contributed by atoms with Crippen LogP contribution in [0.25, 0.3) is 0 Å². The van der Waals surface area contributed by atoms with Gasteiger partial charge in [0.05, 0.1) is 5.69 Å². The average Bonchev–Trinajstić information content (AvgIpc) is 2.07. The number of nitrogens with zero attached hydrogens (tertiary/aromatic N) is 1. The van der Waals surface area contributed by atoms with Crippen LogP contribution in [0.5, 0.6) is 5.75 Å². The van der Waals surface area contributed by atoms with E-state index in [1.54, 1.807) is 13.1 Å². The van der Waals surface area contributed by atoms with E-state index in [1.807, 2.05) is 4.57 Å². The Kier molecular flexibility index (Phi) is 7.93. The van der Waals surface area contributed by atoms with Crippen LogP contribution in [0.1, 0.15) is 19.0 Å². The van der Waals surface area contributed by atoms with Gasteiger partial charge >= 0.3 is 17.1 Å². The summed E-state index contributed by atoms with van der Waals surface area (Å²) in [4.78, 5) is 10.9. The third-order valence-electron chi connectivity index (χ3n) is 1.88. The van der Waals surface area contributed by atoms with Crippen LogP contribution in [0.4, 0.5) is 0 Å². The molecular weight excluding hydrogens is 245 g/mol. The molecule has 0 atom stereocenters. The minimum absolute atomic E-state index is 0. The van der Waals surface area contributed by atoms with Gasteiger partial charge in [0.1, 0.15) is 0 Å². The van der Waals surface area contributed by atoms with Gasteiger partial charge in [0.25, 0.3) is 0 Å². The first kappa shape index (κ1) is 16.0. The minimum Gasteiger partial charge on any atom is -0.503 e. The van der Waals surface area contributed by atoms with E-state index in [-0.39, 0.29) is 40.7 Å². The second-order valence-corrected chi connectivity index (χ2v) is 2.81. The van der Waals surface area contributed by atoms with Crippen molar-refractivity contribution in [1.82, 2.24) is 4.57 Å². The van der Waals surface area contributed by atoms with Gasteiger partial charge in [-0.25, -0.2) is 0 Å². The van der Waals surface area contributed by atoms with Gasteiger partial charge < -0.3 is 9.67 Å². The van der Waals surface area contributed by atoms with E-state index >= 15 is 0 Å². The molecule has 1 radical (unpaired) electrons. The van der Waals surface area contributed by atoms with Crippen molar-refractivity contribution in [2.45, 2.75) is 26.8 Å². The number of aromatic hydroxyl groups is 1. The van der Waals surface area contributed by atoms with E-state index in [4.69, 9.17) is 0 Å². The number of halogens is 1. The maximum atomic E-state index is 10.9. The standard InChI is InChI=1S/C9H13NO2.ClH.Fe/c1-3-5-10-6-4-8(11)9(12)7(10)2;;/h4,6,12H,3,5H2,1-2H3;1H;/q;;+3. The second kappa shape index (κ2) is 6.93. The number of hydrogen-bond acceptors (Lipinski definition) is 2. The van der Waals surface area contributed by atoms with E-state index in [9.17, 15) is 9.90 Å². The zero-order valence-corrected chi connectivity index (χ0v) is 10.1. The first-order valence-corrected chi connectivity index (χ1v) is 4.05. The van der Waals surface area contributed by atoms with Gasteiger partial charge in [0, 0.05) is 18.8 Å². The molecule has 3 nitrogen and oxygen atoms in total. The summed E-state index contributed by atoms with van der Waals surface area (Å²) in [5.74, 6) is -0.133. The molecule has 0 spiro atoms. The van der Waals surface area contributed by atoms with Crippen molar-refractivity contribution in [3.05, 3.63) is 28.2 Å². The van der Waals surface area contributed by atoms with Crippen molar-refractivity contribution < 1.29 is 22.2 Å². The molecule has 0 aliphatic rings. The van der Waals surface area contributed by atoms with Crippen molar-refractivity contribution >= 4 is 12.4 Å². The van der Waals surface area contributed by atoms with E-state index in [0.29, 0.717) is 5.69 Å². The predicted octanol–water partition coefficient (Wildman–Crippen LogP) is 1.69. The van der Waals surface area contributed by atoms with Crippen LogP contribution in [0.2, 0.25) is 0 Å². The Bertz CT molecular complexity index is 338. The van der Waals surface area contributed by atoms with Gasteiger partial charge in [0.2, 0.25) is 5.43 Å². The fraction of sp³-hybridized carbons (Fsp3) is 0.444. The van der Waals surface area contributed by atoms with E-state index < -0.39 is 0 Å². The average molecular weight is 260 g/mol. The third kappa shape index (κ3) is 3.37. The van der Waals surface area contributed by atoms with Crippen molar-refractivity contribution in [3.63, 3.8) is 0 Å². The van der Waals surface area contributed by atoms with Gasteiger partial charge in [-0.3, -0.25) is 4.79 Å². The van der Waals surface area contributed by atoms with Crippen molar-refractivity contribution in [2.75, 3.05) is 0 Å². The predicted molar refractivity (Wildman–Crippen MR) is 54.6 cm³/mol. The van der Waals surface area contributed by atoms with Crippen LogP contribution < -0.4 is 5.43 Å². The van der Waals surface area contributed by atoms with Crippen molar-refractivity contribution in [3.8, 4) is 5.75 Å². The summed E-state index contributed by atoms with van der Waals surface area (Å²) < 4.78 is 1.87. The molecule has 1 aromatic heterocycles. The van der Waals surface area contributed by atoms with Crippen LogP contribution in [0.3, 0.4) is 0 Å². The smallest absolute Gasteiger partial charge is 0.503 e. The molecule has 0 aliphatic carbocycles. The Morgan fingerprint density at radius 3 is 2.57 bits per heavy atom. The van der Waals surface area contributed by atoms with Crippen LogP contribution >= 0.6 is 12.4 Å². The molecule has 1 N–H and O–H groups in total. The molecule has 0 unspecified atom stereocenters. The number of rotatable bonds is 2. The zero-order valence-electron chi connectivity index (χ0n) is 8.13.